The molecule has 3 heterocycles. The molecule has 8 heteroatoms. The summed E-state index contributed by atoms with van der Waals surface area (Å²) in [5, 5.41) is 5.87. The van der Waals surface area contributed by atoms with Crippen LogP contribution in [0.3, 0.4) is 0 Å². The van der Waals surface area contributed by atoms with Crippen molar-refractivity contribution in [2.24, 2.45) is 0 Å². The average molecular weight is 436 g/mol. The van der Waals surface area contributed by atoms with Gasteiger partial charge in [0.25, 0.3) is 5.91 Å². The number of nitrogens with zero attached hydrogens (tertiary/aromatic N) is 3. The van der Waals surface area contributed by atoms with Crippen LogP contribution in [0.25, 0.3) is 11.4 Å². The molecule has 1 aliphatic rings. The van der Waals surface area contributed by atoms with Crippen molar-refractivity contribution in [2.45, 2.75) is 18.8 Å². The predicted octanol–water partition coefficient (Wildman–Crippen LogP) is 4.72. The molecule has 0 saturated carbocycles. The minimum atomic E-state index is -0.343. The molecule has 1 amide bonds. The Bertz CT molecular complexity index is 942. The van der Waals surface area contributed by atoms with E-state index in [0.717, 1.165) is 17.3 Å². The number of halogens is 2. The number of thiophene rings is 1. The quantitative estimate of drug-likeness (QED) is 0.596. The van der Waals surface area contributed by atoms with E-state index in [0.29, 0.717) is 35.2 Å². The second kappa shape index (κ2) is 7.28. The van der Waals surface area contributed by atoms with Crippen LogP contribution in [0.5, 0.6) is 0 Å². The fourth-order valence-corrected chi connectivity index (χ4v) is 4.61. The van der Waals surface area contributed by atoms with E-state index >= 15 is 0 Å². The van der Waals surface area contributed by atoms with Crippen LogP contribution in [0.4, 0.5) is 4.39 Å². The van der Waals surface area contributed by atoms with E-state index in [-0.39, 0.29) is 17.6 Å². The first-order chi connectivity index (χ1) is 12.6. The maximum absolute atomic E-state index is 13.4. The molecule has 2 aromatic heterocycles. The number of rotatable bonds is 3. The van der Waals surface area contributed by atoms with Crippen LogP contribution in [-0.4, -0.2) is 34.0 Å². The van der Waals surface area contributed by atoms with Gasteiger partial charge in [-0.3, -0.25) is 4.79 Å². The molecule has 1 saturated heterocycles. The first kappa shape index (κ1) is 17.4. The van der Waals surface area contributed by atoms with Crippen LogP contribution in [0.2, 0.25) is 0 Å². The number of hydrogen-bond donors (Lipinski definition) is 0. The summed E-state index contributed by atoms with van der Waals surface area (Å²) in [5.74, 6) is 0.517. The summed E-state index contributed by atoms with van der Waals surface area (Å²) in [6.45, 7) is 1.25. The molecule has 134 valence electrons. The van der Waals surface area contributed by atoms with Gasteiger partial charge in [-0.2, -0.15) is 4.98 Å². The number of carbonyl (C=O) groups is 1. The lowest BCUT2D eigenvalue weighted by atomic mass is 9.98. The standard InChI is InChI=1S/C18H15BrFN3O2S/c19-14-6-8-26-15(14)18(24)23-7-2-4-12(10-23)17-21-16(22-25-17)11-3-1-5-13(20)9-11/h1,3,5-6,8-9,12H,2,4,7,10H2. The van der Waals surface area contributed by atoms with Crippen LogP contribution >= 0.6 is 27.3 Å². The number of amides is 1. The molecular weight excluding hydrogens is 421 g/mol. The zero-order chi connectivity index (χ0) is 18.1. The van der Waals surface area contributed by atoms with E-state index in [1.54, 1.807) is 12.1 Å². The SMILES string of the molecule is O=C(c1sccc1Br)N1CCCC(c2nc(-c3cccc(F)c3)no2)C1. The summed E-state index contributed by atoms with van der Waals surface area (Å²) >= 11 is 4.85. The highest BCUT2D eigenvalue weighted by atomic mass is 79.9. The van der Waals surface area contributed by atoms with E-state index in [2.05, 4.69) is 26.1 Å². The highest BCUT2D eigenvalue weighted by Gasteiger charge is 2.30. The van der Waals surface area contributed by atoms with Gasteiger partial charge in [0.15, 0.2) is 0 Å². The molecule has 26 heavy (non-hydrogen) atoms. The number of hydrogen-bond acceptors (Lipinski definition) is 5. The summed E-state index contributed by atoms with van der Waals surface area (Å²) in [6, 6.07) is 7.98. The van der Waals surface area contributed by atoms with E-state index in [1.165, 1.54) is 23.5 Å². The van der Waals surface area contributed by atoms with Crippen LogP contribution in [0, 0.1) is 5.82 Å². The molecular formula is C18H15BrFN3O2S. The monoisotopic (exact) mass is 435 g/mol. The molecule has 1 aliphatic heterocycles. The van der Waals surface area contributed by atoms with Crippen molar-refractivity contribution in [2.75, 3.05) is 13.1 Å². The van der Waals surface area contributed by atoms with Gasteiger partial charge in [0.1, 0.15) is 10.7 Å². The third kappa shape index (κ3) is 3.43. The molecule has 5 nitrogen and oxygen atoms in total. The van der Waals surface area contributed by atoms with Gasteiger partial charge in [0.2, 0.25) is 11.7 Å². The average Bonchev–Trinajstić information content (AvgIpc) is 3.30. The van der Waals surface area contributed by atoms with Gasteiger partial charge >= 0.3 is 0 Å². The molecule has 0 radical (unpaired) electrons. The Hall–Kier alpha value is -2.06. The lowest BCUT2D eigenvalue weighted by Gasteiger charge is -2.30. The molecule has 1 atom stereocenters. The van der Waals surface area contributed by atoms with Crippen LogP contribution in [-0.2, 0) is 0 Å². The fraction of sp³-hybridized carbons (Fsp3) is 0.278. The Labute approximate surface area is 162 Å². The topological polar surface area (TPSA) is 59.2 Å². The number of carbonyl (C=O) groups excluding carboxylic acids is 1. The maximum atomic E-state index is 13.4. The van der Waals surface area contributed by atoms with Crippen molar-refractivity contribution in [1.29, 1.82) is 0 Å². The molecule has 0 aliphatic carbocycles. The number of piperidine rings is 1. The van der Waals surface area contributed by atoms with Crippen molar-refractivity contribution in [1.82, 2.24) is 15.0 Å². The maximum Gasteiger partial charge on any atom is 0.265 e. The van der Waals surface area contributed by atoms with E-state index in [9.17, 15) is 9.18 Å². The van der Waals surface area contributed by atoms with Crippen molar-refractivity contribution in [3.8, 4) is 11.4 Å². The fourth-order valence-electron chi connectivity index (χ4n) is 3.10. The molecule has 4 rings (SSSR count). The van der Waals surface area contributed by atoms with Gasteiger partial charge in [0, 0.05) is 23.1 Å². The minimum absolute atomic E-state index is 0.0127. The first-order valence-electron chi connectivity index (χ1n) is 8.23. The summed E-state index contributed by atoms with van der Waals surface area (Å²) < 4.78 is 19.6. The highest BCUT2D eigenvalue weighted by Crippen LogP contribution is 2.30. The van der Waals surface area contributed by atoms with Crippen LogP contribution in [0.1, 0.15) is 34.3 Å². The normalized spacial score (nSPS) is 17.5. The Morgan fingerprint density at radius 3 is 3.04 bits per heavy atom. The smallest absolute Gasteiger partial charge is 0.265 e. The first-order valence-corrected chi connectivity index (χ1v) is 9.91. The van der Waals surface area contributed by atoms with Crippen LogP contribution in [0.15, 0.2) is 44.7 Å². The summed E-state index contributed by atoms with van der Waals surface area (Å²) in [5.41, 5.74) is 0.575. The number of likely N-dealkylation sites (tertiary alicyclic amines) is 1. The second-order valence-electron chi connectivity index (χ2n) is 6.15. The lowest BCUT2D eigenvalue weighted by molar-refractivity contribution is 0.0700. The Morgan fingerprint density at radius 2 is 2.27 bits per heavy atom. The molecule has 0 spiro atoms. The molecule has 0 N–H and O–H groups in total. The Morgan fingerprint density at radius 1 is 1.38 bits per heavy atom. The Kier molecular flexibility index (Phi) is 4.86. The molecule has 1 unspecified atom stereocenters. The van der Waals surface area contributed by atoms with Gasteiger partial charge in [-0.25, -0.2) is 4.39 Å². The van der Waals surface area contributed by atoms with Gasteiger partial charge in [-0.1, -0.05) is 17.3 Å². The van der Waals surface area contributed by atoms with Crippen molar-refractivity contribution < 1.29 is 13.7 Å². The summed E-state index contributed by atoms with van der Waals surface area (Å²) in [4.78, 5) is 19.7. The lowest BCUT2D eigenvalue weighted by Crippen LogP contribution is -2.39. The number of benzene rings is 1. The summed E-state index contributed by atoms with van der Waals surface area (Å²) in [7, 11) is 0. The third-order valence-corrected chi connectivity index (χ3v) is 6.22. The summed E-state index contributed by atoms with van der Waals surface area (Å²) in [6.07, 6.45) is 1.75. The molecule has 1 aromatic carbocycles. The minimum Gasteiger partial charge on any atom is -0.339 e. The predicted molar refractivity (Wildman–Crippen MR) is 99.6 cm³/mol. The van der Waals surface area contributed by atoms with E-state index in [1.807, 2.05) is 16.3 Å². The zero-order valence-electron chi connectivity index (χ0n) is 13.7. The van der Waals surface area contributed by atoms with Gasteiger partial charge < -0.3 is 9.42 Å². The van der Waals surface area contributed by atoms with Gasteiger partial charge in [-0.05, 0) is 52.4 Å². The molecule has 1 fully saturated rings. The largest absolute Gasteiger partial charge is 0.339 e. The zero-order valence-corrected chi connectivity index (χ0v) is 16.1. The van der Waals surface area contributed by atoms with Gasteiger partial charge in [-0.15, -0.1) is 11.3 Å². The molecule has 3 aromatic rings. The highest BCUT2D eigenvalue weighted by molar-refractivity contribution is 9.10. The van der Waals surface area contributed by atoms with Crippen molar-refractivity contribution >= 4 is 33.2 Å². The van der Waals surface area contributed by atoms with Gasteiger partial charge in [0.05, 0.1) is 5.92 Å². The van der Waals surface area contributed by atoms with Crippen LogP contribution < -0.4 is 0 Å². The van der Waals surface area contributed by atoms with Crippen molar-refractivity contribution in [3.63, 3.8) is 0 Å². The van der Waals surface area contributed by atoms with Crippen molar-refractivity contribution in [3.05, 3.63) is 56.8 Å². The molecule has 0 bridgehead atoms. The third-order valence-electron chi connectivity index (χ3n) is 4.39. The Balaban J connectivity index is 1.52. The van der Waals surface area contributed by atoms with E-state index in [4.69, 9.17) is 4.52 Å². The second-order valence-corrected chi connectivity index (χ2v) is 7.93. The van der Waals surface area contributed by atoms with E-state index < -0.39 is 0 Å². The number of aromatic nitrogens is 2.